The van der Waals surface area contributed by atoms with E-state index >= 15 is 0 Å². The van der Waals surface area contributed by atoms with Gasteiger partial charge in [0.25, 0.3) is 0 Å². The number of unbranched alkanes of at least 4 members (excludes halogenated alkanes) is 1. The minimum absolute atomic E-state index is 0.120. The van der Waals surface area contributed by atoms with Crippen molar-refractivity contribution in [3.63, 3.8) is 0 Å². The average Bonchev–Trinajstić information content (AvgIpc) is 2.92. The lowest BCUT2D eigenvalue weighted by Crippen LogP contribution is -2.46. The molecule has 2 aromatic carbocycles. The number of ether oxygens (including phenoxy) is 2. The van der Waals surface area contributed by atoms with Crippen molar-refractivity contribution in [3.05, 3.63) is 59.8 Å². The quantitative estimate of drug-likeness (QED) is 0.380. The molecule has 0 spiro atoms. The number of hydrogen-bond donors (Lipinski definition) is 1. The molecule has 3 aromatic rings. The highest BCUT2D eigenvalue weighted by Gasteiger charge is 2.27. The Kier molecular flexibility index (Phi) is 7.32. The van der Waals surface area contributed by atoms with Gasteiger partial charge in [0.15, 0.2) is 0 Å². The van der Waals surface area contributed by atoms with Crippen LogP contribution in [0.2, 0.25) is 0 Å². The smallest absolute Gasteiger partial charge is 0.345 e. The fraction of sp³-hybridized carbons (Fsp3) is 0.393. The van der Waals surface area contributed by atoms with Gasteiger partial charge in [0.1, 0.15) is 5.56 Å². The first-order valence-electron chi connectivity index (χ1n) is 12.6. The number of aryl methyl sites for hydroxylation is 1. The molecule has 0 bridgehead atoms. The Morgan fingerprint density at radius 2 is 1.83 bits per heavy atom. The molecule has 1 fully saturated rings. The predicted octanol–water partition coefficient (Wildman–Crippen LogP) is 3.89. The van der Waals surface area contributed by atoms with Gasteiger partial charge in [0.05, 0.1) is 19.4 Å². The van der Waals surface area contributed by atoms with E-state index in [9.17, 15) is 9.59 Å². The number of esters is 1. The van der Waals surface area contributed by atoms with Crippen molar-refractivity contribution in [2.45, 2.75) is 25.7 Å². The summed E-state index contributed by atoms with van der Waals surface area (Å²) in [7, 11) is 1.32. The summed E-state index contributed by atoms with van der Waals surface area (Å²) in [6.45, 7) is 5.53. The Morgan fingerprint density at radius 3 is 2.67 bits per heavy atom. The van der Waals surface area contributed by atoms with Crippen molar-refractivity contribution in [3.8, 4) is 5.88 Å². The van der Waals surface area contributed by atoms with E-state index in [0.717, 1.165) is 51.1 Å². The lowest BCUT2D eigenvalue weighted by atomic mass is 10.0. The van der Waals surface area contributed by atoms with Crippen LogP contribution in [0.3, 0.4) is 0 Å². The van der Waals surface area contributed by atoms with Crippen LogP contribution in [0.4, 0.5) is 11.4 Å². The van der Waals surface area contributed by atoms with E-state index in [1.807, 2.05) is 0 Å². The van der Waals surface area contributed by atoms with Crippen LogP contribution in [0.25, 0.3) is 10.8 Å². The Labute approximate surface area is 211 Å². The molecule has 8 nitrogen and oxygen atoms in total. The van der Waals surface area contributed by atoms with Crippen LogP contribution in [0, 0.1) is 0 Å². The summed E-state index contributed by atoms with van der Waals surface area (Å²) < 4.78 is 10.8. The van der Waals surface area contributed by atoms with Crippen LogP contribution >= 0.6 is 0 Å². The van der Waals surface area contributed by atoms with Crippen LogP contribution in [0.1, 0.15) is 35.2 Å². The number of benzene rings is 2. The molecule has 5 rings (SSSR count). The maximum Gasteiger partial charge on any atom is 0.345 e. The van der Waals surface area contributed by atoms with E-state index < -0.39 is 5.97 Å². The molecule has 8 heteroatoms. The normalized spacial score (nSPS) is 15.9. The summed E-state index contributed by atoms with van der Waals surface area (Å²) in [5.41, 5.74) is 2.81. The summed E-state index contributed by atoms with van der Waals surface area (Å²) >= 11 is 0. The van der Waals surface area contributed by atoms with Gasteiger partial charge in [-0.15, -0.1) is 0 Å². The Bertz CT molecular complexity index is 1250. The van der Waals surface area contributed by atoms with Gasteiger partial charge in [0.2, 0.25) is 11.8 Å². The molecule has 0 unspecified atom stereocenters. The molecular weight excluding hydrogens is 456 g/mol. The number of fused-ring (bicyclic) bond motifs is 2. The number of nitrogens with one attached hydrogen (secondary N) is 1. The Hall–Kier alpha value is -3.65. The van der Waals surface area contributed by atoms with Crippen molar-refractivity contribution < 1.29 is 19.1 Å². The third-order valence-electron chi connectivity index (χ3n) is 6.99. The van der Waals surface area contributed by atoms with Crippen LogP contribution in [0.5, 0.6) is 5.88 Å². The number of anilines is 2. The average molecular weight is 489 g/mol. The largest absolute Gasteiger partial charge is 0.477 e. The van der Waals surface area contributed by atoms with Crippen molar-refractivity contribution >= 4 is 34.0 Å². The predicted molar refractivity (Wildman–Crippen MR) is 140 cm³/mol. The van der Waals surface area contributed by atoms with Gasteiger partial charge < -0.3 is 19.7 Å². The van der Waals surface area contributed by atoms with Gasteiger partial charge in [-0.25, -0.2) is 9.78 Å². The van der Waals surface area contributed by atoms with Crippen molar-refractivity contribution in [2.75, 3.05) is 56.7 Å². The van der Waals surface area contributed by atoms with Crippen LogP contribution < -0.4 is 15.0 Å². The van der Waals surface area contributed by atoms with Gasteiger partial charge in [-0.05, 0) is 42.8 Å². The Morgan fingerprint density at radius 1 is 1.03 bits per heavy atom. The topological polar surface area (TPSA) is 84.0 Å². The molecule has 0 atom stereocenters. The number of pyridine rings is 1. The number of amides is 1. The highest BCUT2D eigenvalue weighted by atomic mass is 16.5. The zero-order valence-electron chi connectivity index (χ0n) is 20.7. The summed E-state index contributed by atoms with van der Waals surface area (Å²) in [6.07, 6.45) is 4.43. The molecular formula is C28H32N4O4. The van der Waals surface area contributed by atoms with E-state index in [1.54, 1.807) is 6.20 Å². The minimum atomic E-state index is -0.555. The molecule has 188 valence electrons. The van der Waals surface area contributed by atoms with Gasteiger partial charge in [-0.3, -0.25) is 9.69 Å². The lowest BCUT2D eigenvalue weighted by molar-refractivity contribution is -0.116. The molecule has 2 aliphatic rings. The molecule has 36 heavy (non-hydrogen) atoms. The number of nitrogens with zero attached hydrogens (tertiary/aromatic N) is 3. The number of piperazine rings is 1. The highest BCUT2D eigenvalue weighted by molar-refractivity contribution is 6.05. The zero-order chi connectivity index (χ0) is 24.9. The standard InChI is InChI=1S/C28H32N4O4/c1-35-28(34)25-26-21(11-12-24(33)30-26)19-29-27(25)36-18-5-4-13-31-14-16-32(17-15-31)23-10-6-8-20-7-2-3-9-22(20)23/h2-3,6-10,19H,4-5,11-18H2,1H3,(H,30,33). The number of aromatic nitrogens is 1. The SMILES string of the molecule is COC(=O)c1c(OCCCCN2CCN(c3cccc4ccccc34)CC2)ncc2c1NC(=O)CC2. The molecule has 0 radical (unpaired) electrons. The first-order valence-corrected chi connectivity index (χ1v) is 12.6. The third-order valence-corrected chi connectivity index (χ3v) is 6.99. The van der Waals surface area contributed by atoms with Crippen LogP contribution in [-0.2, 0) is 16.0 Å². The van der Waals surface area contributed by atoms with Gasteiger partial charge in [-0.2, -0.15) is 0 Å². The fourth-order valence-corrected chi connectivity index (χ4v) is 5.02. The summed E-state index contributed by atoms with van der Waals surface area (Å²) in [6, 6.07) is 15.1. The molecule has 0 aliphatic carbocycles. The zero-order valence-corrected chi connectivity index (χ0v) is 20.7. The van der Waals surface area contributed by atoms with E-state index in [2.05, 4.69) is 62.6 Å². The van der Waals surface area contributed by atoms with Crippen molar-refractivity contribution in [1.29, 1.82) is 0 Å². The third kappa shape index (κ3) is 5.14. The van der Waals surface area contributed by atoms with Gasteiger partial charge in [-0.1, -0.05) is 36.4 Å². The van der Waals surface area contributed by atoms with Gasteiger partial charge >= 0.3 is 5.97 Å². The summed E-state index contributed by atoms with van der Waals surface area (Å²) in [5.74, 6) is -0.461. The number of methoxy groups -OCH3 is 1. The van der Waals surface area contributed by atoms with Crippen molar-refractivity contribution in [2.24, 2.45) is 0 Å². The molecule has 0 saturated carbocycles. The molecule has 3 heterocycles. The highest BCUT2D eigenvalue weighted by Crippen LogP contribution is 2.32. The van der Waals surface area contributed by atoms with E-state index in [-0.39, 0.29) is 17.4 Å². The first-order chi connectivity index (χ1) is 17.6. The monoisotopic (exact) mass is 488 g/mol. The minimum Gasteiger partial charge on any atom is -0.477 e. The molecule has 1 saturated heterocycles. The summed E-state index contributed by atoms with van der Waals surface area (Å²) in [4.78, 5) is 33.6. The first kappa shape index (κ1) is 24.1. The maximum absolute atomic E-state index is 12.4. The van der Waals surface area contributed by atoms with E-state index in [1.165, 1.54) is 23.6 Å². The van der Waals surface area contributed by atoms with Crippen molar-refractivity contribution in [1.82, 2.24) is 9.88 Å². The maximum atomic E-state index is 12.4. The van der Waals surface area contributed by atoms with E-state index in [4.69, 9.17) is 9.47 Å². The Balaban J connectivity index is 1.11. The molecule has 2 aliphatic heterocycles. The molecule has 1 amide bonds. The number of carbonyl (C=O) groups is 2. The van der Waals surface area contributed by atoms with Crippen LogP contribution in [-0.4, -0.2) is 68.2 Å². The van der Waals surface area contributed by atoms with E-state index in [0.29, 0.717) is 25.1 Å². The van der Waals surface area contributed by atoms with Gasteiger partial charge in [0, 0.05) is 49.9 Å². The number of carbonyl (C=O) groups excluding carboxylic acids is 2. The second kappa shape index (κ2) is 11.0. The second-order valence-electron chi connectivity index (χ2n) is 9.26. The lowest BCUT2D eigenvalue weighted by Gasteiger charge is -2.36. The number of rotatable bonds is 8. The van der Waals surface area contributed by atoms with Crippen LogP contribution in [0.15, 0.2) is 48.7 Å². The molecule has 1 N–H and O–H groups in total. The molecule has 1 aromatic heterocycles. The second-order valence-corrected chi connectivity index (χ2v) is 9.26. The number of hydrogen-bond acceptors (Lipinski definition) is 7. The fourth-order valence-electron chi connectivity index (χ4n) is 5.02. The summed E-state index contributed by atoms with van der Waals surface area (Å²) in [5, 5.41) is 5.38.